The first kappa shape index (κ1) is 21.3. The summed E-state index contributed by atoms with van der Waals surface area (Å²) in [7, 11) is -3.67. The third kappa shape index (κ3) is 4.56. The number of thiocarbonyl (C=S) groups is 1. The maximum absolute atomic E-state index is 13.1. The zero-order chi connectivity index (χ0) is 22.0. The quantitative estimate of drug-likeness (QED) is 0.557. The number of hydrogen-bond acceptors (Lipinski definition) is 4. The lowest BCUT2D eigenvalue weighted by Gasteiger charge is -2.19. The van der Waals surface area contributed by atoms with E-state index in [1.54, 1.807) is 30.3 Å². The van der Waals surface area contributed by atoms with Crippen molar-refractivity contribution in [2.45, 2.75) is 11.3 Å². The Morgan fingerprint density at radius 2 is 1.74 bits per heavy atom. The van der Waals surface area contributed by atoms with Gasteiger partial charge in [0.15, 0.2) is 5.11 Å². The Hall–Kier alpha value is -2.94. The van der Waals surface area contributed by atoms with Gasteiger partial charge in [0.1, 0.15) is 0 Å². The molecular formula is C22H18ClN3O3S2. The third-order valence-electron chi connectivity index (χ3n) is 4.86. The molecule has 1 heterocycles. The van der Waals surface area contributed by atoms with Crippen LogP contribution in [0.25, 0.3) is 0 Å². The van der Waals surface area contributed by atoms with Crippen LogP contribution in [0.2, 0.25) is 5.02 Å². The summed E-state index contributed by atoms with van der Waals surface area (Å²) >= 11 is 11.1. The van der Waals surface area contributed by atoms with E-state index in [4.69, 9.17) is 23.8 Å². The predicted molar refractivity (Wildman–Crippen MR) is 126 cm³/mol. The van der Waals surface area contributed by atoms with Gasteiger partial charge < -0.3 is 5.32 Å². The molecule has 0 bridgehead atoms. The number of fused-ring (bicyclic) bond motifs is 1. The summed E-state index contributed by atoms with van der Waals surface area (Å²) in [6.07, 6.45) is 0.690. The first-order valence-corrected chi connectivity index (χ1v) is 11.7. The molecule has 2 N–H and O–H groups in total. The van der Waals surface area contributed by atoms with E-state index in [-0.39, 0.29) is 10.0 Å². The number of nitrogens with one attached hydrogen (secondary N) is 2. The van der Waals surface area contributed by atoms with Gasteiger partial charge in [0, 0.05) is 22.8 Å². The molecular weight excluding hydrogens is 454 g/mol. The first-order valence-electron chi connectivity index (χ1n) is 9.43. The summed E-state index contributed by atoms with van der Waals surface area (Å²) in [6, 6.07) is 20.2. The number of sulfonamides is 1. The lowest BCUT2D eigenvalue weighted by Crippen LogP contribution is -2.34. The third-order valence-corrected chi connectivity index (χ3v) is 7.13. The standard InChI is InChI=1S/C22H18ClN3O3S2/c23-17-6-3-5-16(14-17)21(27)25-22(30)24-18-8-10-19(11-9-18)31(28,29)26-13-12-15-4-1-2-7-20(15)26/h1-11,14H,12-13H2,(H2,24,25,27,30). The molecule has 0 saturated carbocycles. The Morgan fingerprint density at radius 3 is 2.48 bits per heavy atom. The fourth-order valence-electron chi connectivity index (χ4n) is 3.36. The molecule has 0 radical (unpaired) electrons. The second kappa shape index (κ2) is 8.66. The van der Waals surface area contributed by atoms with Gasteiger partial charge in [-0.25, -0.2) is 8.42 Å². The highest BCUT2D eigenvalue weighted by molar-refractivity contribution is 7.92. The number of halogens is 1. The molecule has 9 heteroatoms. The van der Waals surface area contributed by atoms with Crippen molar-refractivity contribution in [1.29, 1.82) is 0 Å². The minimum Gasteiger partial charge on any atom is -0.332 e. The number of benzene rings is 3. The average Bonchev–Trinajstić information content (AvgIpc) is 3.19. The van der Waals surface area contributed by atoms with Crippen molar-refractivity contribution >= 4 is 56.2 Å². The van der Waals surface area contributed by atoms with Gasteiger partial charge in [-0.1, -0.05) is 35.9 Å². The van der Waals surface area contributed by atoms with E-state index in [2.05, 4.69) is 10.6 Å². The van der Waals surface area contributed by atoms with Crippen LogP contribution in [0, 0.1) is 0 Å². The minimum atomic E-state index is -3.67. The molecule has 0 unspecified atom stereocenters. The molecule has 0 atom stereocenters. The van der Waals surface area contributed by atoms with Crippen molar-refractivity contribution in [1.82, 2.24) is 5.32 Å². The van der Waals surface area contributed by atoms with Crippen molar-refractivity contribution < 1.29 is 13.2 Å². The van der Waals surface area contributed by atoms with Gasteiger partial charge >= 0.3 is 0 Å². The number of rotatable bonds is 4. The largest absolute Gasteiger partial charge is 0.332 e. The maximum Gasteiger partial charge on any atom is 0.264 e. The van der Waals surface area contributed by atoms with E-state index >= 15 is 0 Å². The number of hydrogen-bond donors (Lipinski definition) is 2. The number of amides is 1. The van der Waals surface area contributed by atoms with Crippen LogP contribution < -0.4 is 14.9 Å². The Kier molecular flexibility index (Phi) is 5.95. The van der Waals surface area contributed by atoms with E-state index in [0.717, 1.165) is 11.3 Å². The Balaban J connectivity index is 1.43. The molecule has 1 aliphatic rings. The molecule has 0 fully saturated rings. The average molecular weight is 472 g/mol. The van der Waals surface area contributed by atoms with Crippen LogP contribution in [-0.4, -0.2) is 26.0 Å². The molecule has 0 saturated heterocycles. The molecule has 3 aromatic carbocycles. The van der Waals surface area contributed by atoms with E-state index in [1.807, 2.05) is 24.3 Å². The SMILES string of the molecule is O=C(NC(=S)Nc1ccc(S(=O)(=O)N2CCc3ccccc32)cc1)c1cccc(Cl)c1. The number of carbonyl (C=O) groups excluding carboxylic acids is 1. The maximum atomic E-state index is 13.1. The Labute approximate surface area is 190 Å². The van der Waals surface area contributed by atoms with Gasteiger partial charge in [0.25, 0.3) is 15.9 Å². The number of para-hydroxylation sites is 1. The molecule has 158 valence electrons. The highest BCUT2D eigenvalue weighted by atomic mass is 35.5. The minimum absolute atomic E-state index is 0.0917. The molecule has 0 aromatic heterocycles. The van der Waals surface area contributed by atoms with Crippen molar-refractivity contribution in [3.63, 3.8) is 0 Å². The monoisotopic (exact) mass is 471 g/mol. The van der Waals surface area contributed by atoms with Crippen molar-refractivity contribution in [3.05, 3.63) is 88.9 Å². The van der Waals surface area contributed by atoms with E-state index in [9.17, 15) is 13.2 Å². The normalized spacial score (nSPS) is 12.9. The van der Waals surface area contributed by atoms with Crippen LogP contribution >= 0.6 is 23.8 Å². The number of carbonyl (C=O) groups is 1. The second-order valence-corrected chi connectivity index (χ2v) is 9.61. The van der Waals surface area contributed by atoms with Crippen molar-refractivity contribution in [2.75, 3.05) is 16.2 Å². The van der Waals surface area contributed by atoms with Crippen molar-refractivity contribution in [3.8, 4) is 0 Å². The highest BCUT2D eigenvalue weighted by Gasteiger charge is 2.30. The molecule has 4 rings (SSSR count). The van der Waals surface area contributed by atoms with Gasteiger partial charge in [-0.05, 0) is 72.7 Å². The van der Waals surface area contributed by atoms with E-state index in [1.165, 1.54) is 22.5 Å². The van der Waals surface area contributed by atoms with Crippen LogP contribution in [0.15, 0.2) is 77.7 Å². The molecule has 31 heavy (non-hydrogen) atoms. The Bertz CT molecular complexity index is 1260. The molecule has 6 nitrogen and oxygen atoms in total. The highest BCUT2D eigenvalue weighted by Crippen LogP contribution is 2.32. The van der Waals surface area contributed by atoms with Gasteiger partial charge in [0.2, 0.25) is 0 Å². The first-order chi connectivity index (χ1) is 14.8. The van der Waals surface area contributed by atoms with E-state index in [0.29, 0.717) is 29.2 Å². The van der Waals surface area contributed by atoms with Crippen molar-refractivity contribution in [2.24, 2.45) is 0 Å². The number of nitrogens with zero attached hydrogens (tertiary/aromatic N) is 1. The van der Waals surface area contributed by atoms with Crippen LogP contribution in [0.4, 0.5) is 11.4 Å². The Morgan fingerprint density at radius 1 is 1.00 bits per heavy atom. The lowest BCUT2D eigenvalue weighted by molar-refractivity contribution is 0.0977. The van der Waals surface area contributed by atoms with E-state index < -0.39 is 15.9 Å². The fourth-order valence-corrected chi connectivity index (χ4v) is 5.27. The lowest BCUT2D eigenvalue weighted by atomic mass is 10.2. The van der Waals surface area contributed by atoms with Crippen LogP contribution in [-0.2, 0) is 16.4 Å². The van der Waals surface area contributed by atoms with Gasteiger partial charge in [-0.2, -0.15) is 0 Å². The van der Waals surface area contributed by atoms with Crippen LogP contribution in [0.5, 0.6) is 0 Å². The smallest absolute Gasteiger partial charge is 0.264 e. The second-order valence-electron chi connectivity index (χ2n) is 6.90. The summed E-state index contributed by atoms with van der Waals surface area (Å²) in [5.74, 6) is -0.396. The topological polar surface area (TPSA) is 78.5 Å². The number of anilines is 2. The molecule has 1 amide bonds. The van der Waals surface area contributed by atoms with Gasteiger partial charge in [-0.15, -0.1) is 0 Å². The zero-order valence-electron chi connectivity index (χ0n) is 16.2. The van der Waals surface area contributed by atoms with Gasteiger partial charge in [-0.3, -0.25) is 14.4 Å². The fraction of sp³-hybridized carbons (Fsp3) is 0.0909. The molecule has 0 spiro atoms. The molecule has 0 aliphatic carbocycles. The van der Waals surface area contributed by atoms with Crippen LogP contribution in [0.1, 0.15) is 15.9 Å². The zero-order valence-corrected chi connectivity index (χ0v) is 18.6. The summed E-state index contributed by atoms with van der Waals surface area (Å²) in [5, 5.41) is 5.99. The summed E-state index contributed by atoms with van der Waals surface area (Å²) < 4.78 is 27.6. The van der Waals surface area contributed by atoms with Crippen LogP contribution in [0.3, 0.4) is 0 Å². The predicted octanol–water partition coefficient (Wildman–Crippen LogP) is 4.22. The molecule has 3 aromatic rings. The summed E-state index contributed by atoms with van der Waals surface area (Å²) in [6.45, 7) is 0.418. The summed E-state index contributed by atoms with van der Waals surface area (Å²) in [5.41, 5.74) is 2.67. The molecule has 1 aliphatic heterocycles. The summed E-state index contributed by atoms with van der Waals surface area (Å²) in [4.78, 5) is 12.4. The van der Waals surface area contributed by atoms with Gasteiger partial charge in [0.05, 0.1) is 10.6 Å².